The van der Waals surface area contributed by atoms with Gasteiger partial charge in [-0.25, -0.2) is 4.79 Å². The molecule has 2 aromatic rings. The largest absolute Gasteiger partial charge is 0.513 e. The molecule has 2 rings (SSSR count). The standard InChI is InChI=1S/C19H22ClNO3/c1-2-3-13-21(16-9-5-4-6-10-16)14-15-23-19(22)24-18-12-8-7-11-17(18)20/h4-12H,2-3,13-15H2,1H3. The van der Waals surface area contributed by atoms with E-state index in [1.165, 1.54) is 0 Å². The van der Waals surface area contributed by atoms with E-state index in [1.54, 1.807) is 24.3 Å². The number of anilines is 1. The smallest absolute Gasteiger partial charge is 0.432 e. The van der Waals surface area contributed by atoms with Crippen LogP contribution in [-0.2, 0) is 4.74 Å². The van der Waals surface area contributed by atoms with Gasteiger partial charge in [0.1, 0.15) is 6.61 Å². The summed E-state index contributed by atoms with van der Waals surface area (Å²) in [5, 5.41) is 0.378. The maximum Gasteiger partial charge on any atom is 0.513 e. The Hall–Kier alpha value is -2.20. The zero-order valence-corrected chi connectivity index (χ0v) is 14.5. The maximum absolute atomic E-state index is 11.8. The molecular formula is C19H22ClNO3. The minimum absolute atomic E-state index is 0.252. The van der Waals surface area contributed by atoms with Crippen LogP contribution in [0.1, 0.15) is 19.8 Å². The fraction of sp³-hybridized carbons (Fsp3) is 0.316. The number of para-hydroxylation sites is 2. The number of carbonyl (C=O) groups excluding carboxylic acids is 1. The molecule has 0 spiro atoms. The molecule has 4 nitrogen and oxygen atoms in total. The highest BCUT2D eigenvalue weighted by Gasteiger charge is 2.11. The van der Waals surface area contributed by atoms with Gasteiger partial charge in [-0.15, -0.1) is 0 Å². The van der Waals surface area contributed by atoms with Crippen LogP contribution < -0.4 is 9.64 Å². The van der Waals surface area contributed by atoms with E-state index in [0.29, 0.717) is 17.3 Å². The van der Waals surface area contributed by atoms with E-state index in [-0.39, 0.29) is 6.61 Å². The third-order valence-corrected chi connectivity index (χ3v) is 3.83. The first-order chi connectivity index (χ1) is 11.7. The van der Waals surface area contributed by atoms with Crippen LogP contribution >= 0.6 is 11.6 Å². The number of hydrogen-bond acceptors (Lipinski definition) is 4. The minimum Gasteiger partial charge on any atom is -0.432 e. The molecule has 128 valence electrons. The molecule has 2 aromatic carbocycles. The molecule has 0 aliphatic heterocycles. The van der Waals surface area contributed by atoms with Crippen molar-refractivity contribution in [1.29, 1.82) is 0 Å². The zero-order chi connectivity index (χ0) is 17.2. The predicted molar refractivity (Wildman–Crippen MR) is 97.0 cm³/mol. The summed E-state index contributed by atoms with van der Waals surface area (Å²) in [6.45, 7) is 3.94. The highest BCUT2D eigenvalue weighted by molar-refractivity contribution is 6.32. The number of unbranched alkanes of at least 4 members (excludes halogenated alkanes) is 1. The quantitative estimate of drug-likeness (QED) is 0.488. The normalized spacial score (nSPS) is 10.2. The zero-order valence-electron chi connectivity index (χ0n) is 13.8. The molecular weight excluding hydrogens is 326 g/mol. The van der Waals surface area contributed by atoms with Gasteiger partial charge in [-0.3, -0.25) is 0 Å². The molecule has 5 heteroatoms. The van der Waals surface area contributed by atoms with Crippen molar-refractivity contribution in [2.75, 3.05) is 24.6 Å². The van der Waals surface area contributed by atoms with Crippen LogP contribution in [0.15, 0.2) is 54.6 Å². The summed E-state index contributed by atoms with van der Waals surface area (Å²) >= 11 is 5.95. The van der Waals surface area contributed by atoms with Crippen LogP contribution in [0.25, 0.3) is 0 Å². The Morgan fingerprint density at radius 2 is 1.75 bits per heavy atom. The molecule has 0 aliphatic rings. The summed E-state index contributed by atoms with van der Waals surface area (Å²) in [4.78, 5) is 14.0. The lowest BCUT2D eigenvalue weighted by Gasteiger charge is -2.24. The Kier molecular flexibility index (Phi) is 7.43. The van der Waals surface area contributed by atoms with Crippen molar-refractivity contribution in [2.45, 2.75) is 19.8 Å². The van der Waals surface area contributed by atoms with Crippen LogP contribution in [0.5, 0.6) is 5.75 Å². The molecule has 0 N–H and O–H groups in total. The maximum atomic E-state index is 11.8. The van der Waals surface area contributed by atoms with E-state index in [4.69, 9.17) is 21.1 Å². The van der Waals surface area contributed by atoms with Gasteiger partial charge in [-0.2, -0.15) is 0 Å². The van der Waals surface area contributed by atoms with Gasteiger partial charge in [-0.05, 0) is 30.7 Å². The monoisotopic (exact) mass is 347 g/mol. The number of rotatable bonds is 8. The highest BCUT2D eigenvalue weighted by atomic mass is 35.5. The molecule has 0 bridgehead atoms. The van der Waals surface area contributed by atoms with Crippen molar-refractivity contribution in [3.63, 3.8) is 0 Å². The molecule has 0 aromatic heterocycles. The Morgan fingerprint density at radius 3 is 2.46 bits per heavy atom. The topological polar surface area (TPSA) is 38.8 Å². The summed E-state index contributed by atoms with van der Waals surface area (Å²) < 4.78 is 10.3. The fourth-order valence-corrected chi connectivity index (χ4v) is 2.42. The number of benzene rings is 2. The molecule has 0 amide bonds. The summed E-state index contributed by atoms with van der Waals surface area (Å²) in [5.74, 6) is 0.301. The van der Waals surface area contributed by atoms with Crippen LogP contribution in [0.4, 0.5) is 10.5 Å². The Balaban J connectivity index is 1.83. The molecule has 0 heterocycles. The van der Waals surface area contributed by atoms with E-state index in [1.807, 2.05) is 18.2 Å². The van der Waals surface area contributed by atoms with E-state index >= 15 is 0 Å². The number of nitrogens with zero attached hydrogens (tertiary/aromatic N) is 1. The van der Waals surface area contributed by atoms with Gasteiger partial charge in [0, 0.05) is 12.2 Å². The van der Waals surface area contributed by atoms with Crippen LogP contribution in [0.3, 0.4) is 0 Å². The summed E-state index contributed by atoms with van der Waals surface area (Å²) in [6, 6.07) is 16.9. The van der Waals surface area contributed by atoms with Crippen LogP contribution in [0.2, 0.25) is 5.02 Å². The van der Waals surface area contributed by atoms with E-state index < -0.39 is 6.16 Å². The van der Waals surface area contributed by atoms with Gasteiger partial charge < -0.3 is 14.4 Å². The van der Waals surface area contributed by atoms with Crippen molar-refractivity contribution >= 4 is 23.4 Å². The van der Waals surface area contributed by atoms with Crippen molar-refractivity contribution in [3.05, 3.63) is 59.6 Å². The predicted octanol–water partition coefficient (Wildman–Crippen LogP) is 5.16. The molecule has 0 radical (unpaired) electrons. The lowest BCUT2D eigenvalue weighted by Crippen LogP contribution is -2.29. The molecule has 0 atom stereocenters. The van der Waals surface area contributed by atoms with Gasteiger partial charge in [0.2, 0.25) is 0 Å². The van der Waals surface area contributed by atoms with Gasteiger partial charge >= 0.3 is 6.16 Å². The summed E-state index contributed by atoms with van der Waals surface area (Å²) in [5.41, 5.74) is 1.12. The third kappa shape index (κ3) is 5.78. The first kappa shape index (κ1) is 18.1. The van der Waals surface area contributed by atoms with Crippen molar-refractivity contribution in [3.8, 4) is 5.75 Å². The molecule has 0 unspecified atom stereocenters. The van der Waals surface area contributed by atoms with Crippen LogP contribution in [0, 0.1) is 0 Å². The second-order valence-corrected chi connectivity index (χ2v) is 5.71. The van der Waals surface area contributed by atoms with Gasteiger partial charge in [-0.1, -0.05) is 55.3 Å². The Bertz CT molecular complexity index is 634. The van der Waals surface area contributed by atoms with Gasteiger partial charge in [0.05, 0.1) is 11.6 Å². The van der Waals surface area contributed by atoms with E-state index in [0.717, 1.165) is 25.1 Å². The minimum atomic E-state index is -0.744. The average molecular weight is 348 g/mol. The highest BCUT2D eigenvalue weighted by Crippen LogP contribution is 2.23. The molecule has 0 fully saturated rings. The summed E-state index contributed by atoms with van der Waals surface area (Å²) in [6.07, 6.45) is 1.45. The number of ether oxygens (including phenoxy) is 2. The fourth-order valence-electron chi connectivity index (χ4n) is 2.24. The first-order valence-electron chi connectivity index (χ1n) is 8.10. The first-order valence-corrected chi connectivity index (χ1v) is 8.47. The third-order valence-electron chi connectivity index (χ3n) is 3.51. The van der Waals surface area contributed by atoms with E-state index in [9.17, 15) is 4.79 Å². The second-order valence-electron chi connectivity index (χ2n) is 5.31. The summed E-state index contributed by atoms with van der Waals surface area (Å²) in [7, 11) is 0. The van der Waals surface area contributed by atoms with Crippen LogP contribution in [-0.4, -0.2) is 25.9 Å². The molecule has 0 aliphatic carbocycles. The van der Waals surface area contributed by atoms with Gasteiger partial charge in [0.25, 0.3) is 0 Å². The Morgan fingerprint density at radius 1 is 1.04 bits per heavy atom. The van der Waals surface area contributed by atoms with Crippen molar-refractivity contribution < 1.29 is 14.3 Å². The van der Waals surface area contributed by atoms with Crippen molar-refractivity contribution in [2.24, 2.45) is 0 Å². The molecule has 24 heavy (non-hydrogen) atoms. The lowest BCUT2D eigenvalue weighted by atomic mass is 10.2. The Labute approximate surface area is 147 Å². The lowest BCUT2D eigenvalue weighted by molar-refractivity contribution is 0.101. The number of carbonyl (C=O) groups is 1. The average Bonchev–Trinajstić information content (AvgIpc) is 2.60. The van der Waals surface area contributed by atoms with Gasteiger partial charge in [0.15, 0.2) is 5.75 Å². The number of hydrogen-bond donors (Lipinski definition) is 0. The number of halogens is 1. The van der Waals surface area contributed by atoms with Crippen molar-refractivity contribution in [1.82, 2.24) is 0 Å². The SMILES string of the molecule is CCCCN(CCOC(=O)Oc1ccccc1Cl)c1ccccc1. The van der Waals surface area contributed by atoms with E-state index in [2.05, 4.69) is 24.0 Å². The second kappa shape index (κ2) is 9.83. The molecule has 0 saturated carbocycles. The molecule has 0 saturated heterocycles.